The second-order valence-electron chi connectivity index (χ2n) is 10.9. The minimum atomic E-state index is -1.32. The van der Waals surface area contributed by atoms with Crippen LogP contribution >= 0.6 is 23.1 Å². The van der Waals surface area contributed by atoms with Gasteiger partial charge in [-0.25, -0.2) is 14.3 Å². The minimum absolute atomic E-state index is 0.0401. The van der Waals surface area contributed by atoms with Crippen LogP contribution in [-0.2, 0) is 32.3 Å². The zero-order chi connectivity index (χ0) is 33.2. The highest BCUT2D eigenvalue weighted by Gasteiger charge is 2.54. The summed E-state index contributed by atoms with van der Waals surface area (Å²) in [7, 11) is 0. The van der Waals surface area contributed by atoms with Crippen LogP contribution in [0.2, 0.25) is 0 Å². The fourth-order valence-electron chi connectivity index (χ4n) is 5.55. The number of nitrogens with two attached hydrogens (primary N) is 1. The van der Waals surface area contributed by atoms with Crippen molar-refractivity contribution in [3.63, 3.8) is 0 Å². The molecule has 2 aromatic heterocycles. The zero-order valence-corrected chi connectivity index (χ0v) is 26.2. The summed E-state index contributed by atoms with van der Waals surface area (Å²) in [5, 5.41) is 34.8. The van der Waals surface area contributed by atoms with Gasteiger partial charge in [-0.15, -0.1) is 23.1 Å². The molecule has 3 aliphatic rings. The van der Waals surface area contributed by atoms with Gasteiger partial charge in [0.2, 0.25) is 5.91 Å². The van der Waals surface area contributed by atoms with Crippen molar-refractivity contribution in [3.8, 4) is 6.07 Å². The molecular weight excluding hydrogens is 645 g/mol. The Morgan fingerprint density at radius 1 is 1.19 bits per heavy atom. The van der Waals surface area contributed by atoms with E-state index in [1.54, 1.807) is 23.1 Å². The molecule has 5 heterocycles. The maximum atomic E-state index is 13.3. The summed E-state index contributed by atoms with van der Waals surface area (Å²) in [6.45, 7) is 1.48. The average molecular weight is 672 g/mol. The molecule has 16 heteroatoms. The number of carboxylic acids is 1. The molecule has 0 aliphatic carbocycles. The number of aliphatic carboxylic acids is 1. The van der Waals surface area contributed by atoms with E-state index in [1.165, 1.54) is 17.1 Å². The molecule has 14 nitrogen and oxygen atoms in total. The number of aromatic nitrogens is 2. The second-order valence-corrected chi connectivity index (χ2v) is 12.9. The van der Waals surface area contributed by atoms with Crippen LogP contribution in [0.1, 0.15) is 28.8 Å². The number of carbonyl (C=O) groups excluding carboxylic acids is 3. The predicted molar refractivity (Wildman–Crippen MR) is 170 cm³/mol. The zero-order valence-electron chi connectivity index (χ0n) is 24.6. The first-order valence-corrected chi connectivity index (χ1v) is 16.2. The third-order valence-electron chi connectivity index (χ3n) is 7.91. The number of likely N-dealkylation sites (tertiary alicyclic amines) is 1. The molecule has 3 amide bonds. The first-order chi connectivity index (χ1) is 22.7. The monoisotopic (exact) mass is 671 g/mol. The van der Waals surface area contributed by atoms with Crippen LogP contribution in [0, 0.1) is 11.3 Å². The molecule has 47 heavy (non-hydrogen) atoms. The number of carbonyl (C=O) groups is 4. The summed E-state index contributed by atoms with van der Waals surface area (Å²) in [4.78, 5) is 58.3. The quantitative estimate of drug-likeness (QED) is 0.0639. The molecule has 0 spiro atoms. The van der Waals surface area contributed by atoms with Crippen molar-refractivity contribution >= 4 is 57.6 Å². The Bertz CT molecular complexity index is 1910. The maximum Gasteiger partial charge on any atom is 0.352 e. The molecule has 6 rings (SSSR count). The lowest BCUT2D eigenvalue weighted by Crippen LogP contribution is -2.71. The SMILES string of the molecule is N#Cc1ccc(C[n+]2ccc(CN3CC/C(=C\C4=C(C(=O)O)N5C(=O)[C@@H](NC(=O)/C(=N\O)c6csc(N)n6)[C@H]5SC4)C3=O)cc2)cc1. The lowest BCUT2D eigenvalue weighted by Gasteiger charge is -2.49. The number of nitrogens with one attached hydrogen (secondary N) is 1. The van der Waals surface area contributed by atoms with Crippen molar-refractivity contribution in [1.29, 1.82) is 5.26 Å². The van der Waals surface area contributed by atoms with Crippen LogP contribution < -0.4 is 15.6 Å². The molecule has 0 unspecified atom stereocenters. The van der Waals surface area contributed by atoms with Crippen LogP contribution in [0.15, 0.2) is 82.2 Å². The Morgan fingerprint density at radius 3 is 2.57 bits per heavy atom. The van der Waals surface area contributed by atoms with Gasteiger partial charge in [0, 0.05) is 47.5 Å². The van der Waals surface area contributed by atoms with Crippen LogP contribution in [0.25, 0.3) is 0 Å². The molecule has 238 valence electrons. The number of carboxylic acid groups (broad SMARTS) is 1. The summed E-state index contributed by atoms with van der Waals surface area (Å²) in [6.07, 6.45) is 5.84. The van der Waals surface area contributed by atoms with E-state index in [2.05, 4.69) is 21.5 Å². The van der Waals surface area contributed by atoms with E-state index in [4.69, 9.17) is 11.0 Å². The van der Waals surface area contributed by atoms with E-state index in [-0.39, 0.29) is 28.2 Å². The Morgan fingerprint density at radius 2 is 1.94 bits per heavy atom. The fraction of sp³-hybridized carbons (Fsp3) is 0.226. The molecule has 1 aromatic carbocycles. The maximum absolute atomic E-state index is 13.3. The number of allylic oxidation sites excluding steroid dienone is 1. The van der Waals surface area contributed by atoms with Crippen molar-refractivity contribution in [1.82, 2.24) is 20.1 Å². The number of benzene rings is 1. The number of fused-ring (bicyclic) bond motifs is 1. The summed E-state index contributed by atoms with van der Waals surface area (Å²) in [5.41, 5.74) is 8.35. The summed E-state index contributed by atoms with van der Waals surface area (Å²) in [5.74, 6) is -2.83. The van der Waals surface area contributed by atoms with Crippen molar-refractivity contribution < 1.29 is 34.1 Å². The lowest BCUT2D eigenvalue weighted by molar-refractivity contribution is -0.688. The smallest absolute Gasteiger partial charge is 0.352 e. The summed E-state index contributed by atoms with van der Waals surface area (Å²) >= 11 is 2.30. The Labute approximate surface area is 276 Å². The van der Waals surface area contributed by atoms with Gasteiger partial charge in [-0.1, -0.05) is 17.3 Å². The molecule has 2 atom stereocenters. The first kappa shape index (κ1) is 31.5. The van der Waals surface area contributed by atoms with Gasteiger partial charge in [0.15, 0.2) is 29.8 Å². The number of thioether (sulfide) groups is 1. The topological polar surface area (TPSA) is 206 Å². The number of hydrogen-bond donors (Lipinski definition) is 4. The van der Waals surface area contributed by atoms with E-state index in [0.717, 1.165) is 27.4 Å². The van der Waals surface area contributed by atoms with Gasteiger partial charge in [-0.05, 0) is 35.8 Å². The highest BCUT2D eigenvalue weighted by Crippen LogP contribution is 2.41. The molecule has 2 saturated heterocycles. The number of nitriles is 1. The van der Waals surface area contributed by atoms with Crippen LogP contribution in [0.5, 0.6) is 0 Å². The third kappa shape index (κ3) is 6.30. The van der Waals surface area contributed by atoms with Crippen LogP contribution in [0.4, 0.5) is 5.13 Å². The van der Waals surface area contributed by atoms with E-state index in [0.29, 0.717) is 42.8 Å². The van der Waals surface area contributed by atoms with Crippen molar-refractivity contribution in [3.05, 3.63) is 99.5 Å². The molecule has 0 bridgehead atoms. The molecule has 0 saturated carbocycles. The lowest BCUT2D eigenvalue weighted by atomic mass is 10.0. The Kier molecular flexibility index (Phi) is 8.74. The van der Waals surface area contributed by atoms with E-state index in [9.17, 15) is 29.5 Å². The van der Waals surface area contributed by atoms with Gasteiger partial charge >= 0.3 is 5.97 Å². The van der Waals surface area contributed by atoms with Crippen molar-refractivity contribution in [2.24, 2.45) is 5.16 Å². The third-order valence-corrected chi connectivity index (χ3v) is 9.89. The number of thiazole rings is 1. The number of nitrogens with zero attached hydrogens (tertiary/aromatic N) is 6. The predicted octanol–water partition coefficient (Wildman–Crippen LogP) is 1.21. The number of β-lactam (4-membered cyclic amide) rings is 1. The Hall–Kier alpha value is -5.53. The molecule has 3 aromatic rings. The average Bonchev–Trinajstić information content (AvgIpc) is 3.65. The largest absolute Gasteiger partial charge is 0.477 e. The van der Waals surface area contributed by atoms with Gasteiger partial charge in [0.25, 0.3) is 11.8 Å². The number of anilines is 1. The first-order valence-electron chi connectivity index (χ1n) is 14.3. The highest BCUT2D eigenvalue weighted by atomic mass is 32.2. The highest BCUT2D eigenvalue weighted by molar-refractivity contribution is 8.00. The van der Waals surface area contributed by atoms with E-state index >= 15 is 0 Å². The standard InChI is InChI=1S/C31H26N8O6S2/c32-12-17-1-3-18(4-2-17)13-37-8-5-19(6-9-37)14-38-10-7-20(27(38)41)11-21-15-46-29-24(28(42)39(29)25(21)30(43)44)35-26(40)23(36-45)22-16-47-31(33)34-22/h1-6,8-9,11,16,24,29H,7,10,13-15H2,(H4-,33,34,35,40,43,44,45)/p+1/b20-11+/t24-,29-/m1/s1. The van der Waals surface area contributed by atoms with Crippen molar-refractivity contribution in [2.45, 2.75) is 30.9 Å². The molecule has 5 N–H and O–H groups in total. The Balaban J connectivity index is 1.11. The number of pyridine rings is 1. The number of nitrogen functional groups attached to an aromatic ring is 1. The number of amides is 3. The van der Waals surface area contributed by atoms with Gasteiger partial charge in [-0.3, -0.25) is 19.3 Å². The van der Waals surface area contributed by atoms with E-state index < -0.39 is 34.9 Å². The van der Waals surface area contributed by atoms with Crippen molar-refractivity contribution in [2.75, 3.05) is 18.0 Å². The second kappa shape index (κ2) is 13.1. The van der Waals surface area contributed by atoms with E-state index in [1.807, 2.05) is 41.2 Å². The molecular formula is C31H27N8O6S2+. The van der Waals surface area contributed by atoms with Crippen LogP contribution in [0.3, 0.4) is 0 Å². The summed E-state index contributed by atoms with van der Waals surface area (Å²) in [6, 6.07) is 12.3. The minimum Gasteiger partial charge on any atom is -0.477 e. The molecule has 2 fully saturated rings. The fourth-order valence-corrected chi connectivity index (χ4v) is 7.40. The van der Waals surface area contributed by atoms with Gasteiger partial charge in [0.05, 0.1) is 11.6 Å². The molecule has 3 aliphatic heterocycles. The normalized spacial score (nSPS) is 20.2. The summed E-state index contributed by atoms with van der Waals surface area (Å²) < 4.78 is 2.00. The number of hydrogen-bond acceptors (Lipinski definition) is 11. The number of rotatable bonds is 9. The van der Waals surface area contributed by atoms with Gasteiger partial charge in [-0.2, -0.15) is 5.26 Å². The van der Waals surface area contributed by atoms with Crippen LogP contribution in [-0.4, -0.2) is 78.2 Å². The van der Waals surface area contributed by atoms with Gasteiger partial charge in [0.1, 0.15) is 22.8 Å². The molecule has 0 radical (unpaired) electrons. The number of oxime groups is 1. The van der Waals surface area contributed by atoms with Gasteiger partial charge < -0.3 is 26.3 Å².